The molecule has 5 saturated carbocycles. The maximum absolute atomic E-state index is 12.8. The highest BCUT2D eigenvalue weighted by molar-refractivity contribution is 5.84. The Bertz CT molecular complexity index is 603. The molecule has 0 heterocycles. The highest BCUT2D eigenvalue weighted by Crippen LogP contribution is 2.61. The zero-order chi connectivity index (χ0) is 22.9. The lowest BCUT2D eigenvalue weighted by molar-refractivity contribution is -0.121. The van der Waals surface area contributed by atoms with Gasteiger partial charge in [0, 0.05) is 19.4 Å². The summed E-state index contributed by atoms with van der Waals surface area (Å²) in [4.78, 5) is 12.8. The van der Waals surface area contributed by atoms with E-state index in [-0.39, 0.29) is 18.1 Å². The van der Waals surface area contributed by atoms with Crippen LogP contribution in [0.25, 0.3) is 0 Å². The van der Waals surface area contributed by atoms with Crippen LogP contribution in [0.15, 0.2) is 0 Å². The number of aliphatic hydroxyl groups is 1. The molecule has 0 amide bonds. The topological polar surface area (TPSA) is 46.5 Å². The molecule has 0 aromatic rings. The molecule has 3 nitrogen and oxygen atoms in total. The van der Waals surface area contributed by atoms with E-state index in [1.165, 1.54) is 57.8 Å². The molecular formula is C29H50O3. The van der Waals surface area contributed by atoms with Crippen LogP contribution in [0.2, 0.25) is 0 Å². The molecule has 0 aromatic heterocycles. The molecular weight excluding hydrogens is 396 g/mol. The number of hydrogen-bond donors (Lipinski definition) is 1. The van der Waals surface area contributed by atoms with Gasteiger partial charge in [-0.25, -0.2) is 0 Å². The van der Waals surface area contributed by atoms with Gasteiger partial charge in [-0.3, -0.25) is 4.79 Å². The van der Waals surface area contributed by atoms with E-state index in [0.717, 1.165) is 49.9 Å². The molecule has 0 radical (unpaired) electrons. The minimum atomic E-state index is -0.203. The number of methoxy groups -OCH3 is 1. The summed E-state index contributed by atoms with van der Waals surface area (Å²) in [6, 6.07) is 0. The molecule has 1 N–H and O–H groups in total. The molecule has 5 aliphatic rings. The van der Waals surface area contributed by atoms with E-state index >= 15 is 0 Å². The number of ketones is 1. The fourth-order valence-electron chi connectivity index (χ4n) is 8.69. The highest BCUT2D eigenvalue weighted by Gasteiger charge is 2.51. The summed E-state index contributed by atoms with van der Waals surface area (Å²) in [6.07, 6.45) is 17.6. The maximum Gasteiger partial charge on any atom is 0.138 e. The van der Waals surface area contributed by atoms with Crippen molar-refractivity contribution in [2.45, 2.75) is 129 Å². The van der Waals surface area contributed by atoms with E-state index in [1.54, 1.807) is 7.11 Å². The van der Waals surface area contributed by atoms with Gasteiger partial charge in [0.05, 0.1) is 12.2 Å². The molecule has 5 aliphatic carbocycles. The molecule has 5 rings (SSSR count). The van der Waals surface area contributed by atoms with Crippen LogP contribution in [0.5, 0.6) is 0 Å². The van der Waals surface area contributed by atoms with Gasteiger partial charge in [-0.2, -0.15) is 0 Å². The second-order valence-corrected chi connectivity index (χ2v) is 13.3. The third-order valence-corrected chi connectivity index (χ3v) is 10.4. The van der Waals surface area contributed by atoms with Gasteiger partial charge in [-0.15, -0.1) is 0 Å². The van der Waals surface area contributed by atoms with Crippen LogP contribution in [0.4, 0.5) is 0 Å². The van der Waals surface area contributed by atoms with Crippen molar-refractivity contribution in [3.05, 3.63) is 0 Å². The smallest absolute Gasteiger partial charge is 0.138 e. The van der Waals surface area contributed by atoms with Gasteiger partial charge < -0.3 is 9.84 Å². The average Bonchev–Trinajstić information content (AvgIpc) is 3.03. The van der Waals surface area contributed by atoms with Crippen molar-refractivity contribution in [3.8, 4) is 0 Å². The van der Waals surface area contributed by atoms with Crippen molar-refractivity contribution in [3.63, 3.8) is 0 Å². The van der Waals surface area contributed by atoms with E-state index in [1.807, 2.05) is 0 Å². The predicted molar refractivity (Wildman–Crippen MR) is 130 cm³/mol. The average molecular weight is 447 g/mol. The third kappa shape index (κ3) is 5.62. The Balaban J connectivity index is 1.27. The Labute approximate surface area is 197 Å². The van der Waals surface area contributed by atoms with E-state index in [2.05, 4.69) is 20.8 Å². The monoisotopic (exact) mass is 446 g/mol. The van der Waals surface area contributed by atoms with Crippen LogP contribution in [0, 0.1) is 40.4 Å². The zero-order valence-electron chi connectivity index (χ0n) is 21.4. The van der Waals surface area contributed by atoms with E-state index in [0.29, 0.717) is 29.0 Å². The van der Waals surface area contributed by atoms with Crippen molar-refractivity contribution in [2.24, 2.45) is 40.4 Å². The Kier molecular flexibility index (Phi) is 7.77. The highest BCUT2D eigenvalue weighted by atomic mass is 16.5. The summed E-state index contributed by atoms with van der Waals surface area (Å²) in [7, 11) is 1.77. The quantitative estimate of drug-likeness (QED) is 0.330. The molecule has 1 unspecified atom stereocenters. The first-order valence-corrected chi connectivity index (χ1v) is 14.0. The first-order chi connectivity index (χ1) is 15.2. The Hall–Kier alpha value is -0.410. The molecule has 0 aliphatic heterocycles. The second kappa shape index (κ2) is 10.1. The lowest BCUT2D eigenvalue weighted by Gasteiger charge is -2.57. The lowest BCUT2D eigenvalue weighted by Crippen LogP contribution is -2.47. The van der Waals surface area contributed by atoms with Crippen LogP contribution >= 0.6 is 0 Å². The summed E-state index contributed by atoms with van der Waals surface area (Å²) in [5, 5.41) is 11.1. The Morgan fingerprint density at radius 3 is 2.25 bits per heavy atom. The van der Waals surface area contributed by atoms with Crippen molar-refractivity contribution < 1.29 is 14.6 Å². The van der Waals surface area contributed by atoms with Gasteiger partial charge in [0.1, 0.15) is 5.78 Å². The largest absolute Gasteiger partial charge is 0.393 e. The van der Waals surface area contributed by atoms with Gasteiger partial charge in [0.2, 0.25) is 0 Å². The normalized spacial score (nSPS) is 39.7. The van der Waals surface area contributed by atoms with Crippen LogP contribution < -0.4 is 0 Å². The van der Waals surface area contributed by atoms with E-state index < -0.39 is 0 Å². The molecule has 0 saturated heterocycles. The summed E-state index contributed by atoms with van der Waals surface area (Å²) in [5.74, 6) is 3.70. The van der Waals surface area contributed by atoms with Gasteiger partial charge in [0.25, 0.3) is 0 Å². The van der Waals surface area contributed by atoms with Gasteiger partial charge >= 0.3 is 0 Å². The predicted octanol–water partition coefficient (Wildman–Crippen LogP) is 6.95. The SMILES string of the molecule is CCC(C)(C)CCCC[C@H]1C(=O)C[C@@H](OC)[C@@H]1CCC(O)CC12CC3CC(CC(C3)C1)C2. The van der Waals surface area contributed by atoms with Crippen molar-refractivity contribution in [2.75, 3.05) is 7.11 Å². The molecule has 0 aromatic carbocycles. The van der Waals surface area contributed by atoms with E-state index in [9.17, 15) is 9.90 Å². The standard InChI is InChI=1S/C29H50O3/c1-5-28(2,3)11-7-6-8-24-25(27(32-4)15-26(24)31)10-9-23(30)19-29-16-20-12-21(17-29)14-22(13-20)18-29/h20-25,27,30H,5-19H2,1-4H3/t20?,21?,22?,23?,24-,25-,27-,29?/m1/s1. The molecule has 0 spiro atoms. The number of Topliss-reactive ketones (excluding diaryl/α,β-unsaturated/α-hetero) is 1. The molecule has 3 heteroatoms. The summed E-state index contributed by atoms with van der Waals surface area (Å²) in [6.45, 7) is 6.97. The second-order valence-electron chi connectivity index (χ2n) is 13.3. The van der Waals surface area contributed by atoms with Crippen LogP contribution in [0.1, 0.15) is 117 Å². The van der Waals surface area contributed by atoms with Crippen LogP contribution in [-0.2, 0) is 9.53 Å². The maximum atomic E-state index is 12.8. The number of hydrogen-bond acceptors (Lipinski definition) is 3. The number of unbranched alkanes of at least 4 members (excludes halogenated alkanes) is 1. The van der Waals surface area contributed by atoms with Crippen molar-refractivity contribution in [1.82, 2.24) is 0 Å². The molecule has 4 atom stereocenters. The van der Waals surface area contributed by atoms with E-state index in [4.69, 9.17) is 4.74 Å². The van der Waals surface area contributed by atoms with Crippen molar-refractivity contribution >= 4 is 5.78 Å². The van der Waals surface area contributed by atoms with Gasteiger partial charge in [-0.1, -0.05) is 40.0 Å². The summed E-state index contributed by atoms with van der Waals surface area (Å²) >= 11 is 0. The molecule has 4 bridgehead atoms. The minimum absolute atomic E-state index is 0.0614. The first-order valence-electron chi connectivity index (χ1n) is 14.0. The molecule has 5 fully saturated rings. The fourth-order valence-corrected chi connectivity index (χ4v) is 8.69. The number of aliphatic hydroxyl groups excluding tert-OH is 1. The Morgan fingerprint density at radius 2 is 1.69 bits per heavy atom. The zero-order valence-corrected chi connectivity index (χ0v) is 21.4. The number of ether oxygens (including phenoxy) is 1. The summed E-state index contributed by atoms with van der Waals surface area (Å²) < 4.78 is 5.77. The lowest BCUT2D eigenvalue weighted by atomic mass is 9.48. The fraction of sp³-hybridized carbons (Fsp3) is 0.966. The first kappa shape index (κ1) is 24.7. The molecule has 32 heavy (non-hydrogen) atoms. The van der Waals surface area contributed by atoms with Gasteiger partial charge in [-0.05, 0) is 105 Å². The summed E-state index contributed by atoms with van der Waals surface area (Å²) in [5.41, 5.74) is 0.849. The Morgan fingerprint density at radius 1 is 1.06 bits per heavy atom. The van der Waals surface area contributed by atoms with Gasteiger partial charge in [0.15, 0.2) is 0 Å². The van der Waals surface area contributed by atoms with Crippen molar-refractivity contribution in [1.29, 1.82) is 0 Å². The number of carbonyl (C=O) groups is 1. The number of rotatable bonds is 12. The van der Waals surface area contributed by atoms with Crippen LogP contribution in [-0.4, -0.2) is 30.2 Å². The number of carbonyl (C=O) groups excluding carboxylic acids is 1. The molecule has 184 valence electrons. The minimum Gasteiger partial charge on any atom is -0.393 e. The van der Waals surface area contributed by atoms with Crippen LogP contribution in [0.3, 0.4) is 0 Å². The third-order valence-electron chi connectivity index (χ3n) is 10.4.